The van der Waals surface area contributed by atoms with Crippen LogP contribution >= 0.6 is 0 Å². The highest BCUT2D eigenvalue weighted by Gasteiger charge is 2.17. The lowest BCUT2D eigenvalue weighted by molar-refractivity contribution is 0.242. The first-order chi connectivity index (χ1) is 13.1. The summed E-state index contributed by atoms with van der Waals surface area (Å²) in [6.45, 7) is 5.88. The van der Waals surface area contributed by atoms with Crippen LogP contribution < -0.4 is 15.4 Å². The molecule has 0 saturated carbocycles. The Hall–Kier alpha value is -2.67. The third-order valence-electron chi connectivity index (χ3n) is 4.59. The van der Waals surface area contributed by atoms with E-state index in [1.54, 1.807) is 12.3 Å². The number of nitrogens with zero attached hydrogens (tertiary/aromatic N) is 3. The molecule has 1 aliphatic heterocycles. The third kappa shape index (κ3) is 3.88. The normalized spacial score (nSPS) is 17.4. The number of anilines is 1. The van der Waals surface area contributed by atoms with E-state index in [1.165, 1.54) is 6.07 Å². The van der Waals surface area contributed by atoms with Crippen molar-refractivity contribution >= 4 is 11.5 Å². The second-order valence-corrected chi connectivity index (χ2v) is 7.12. The van der Waals surface area contributed by atoms with Gasteiger partial charge in [-0.25, -0.2) is 14.4 Å². The predicted octanol–water partition coefficient (Wildman–Crippen LogP) is 3.49. The van der Waals surface area contributed by atoms with Crippen molar-refractivity contribution in [3.63, 3.8) is 0 Å². The highest BCUT2D eigenvalue weighted by molar-refractivity contribution is 5.63. The Balaban J connectivity index is 1.64. The number of rotatable bonds is 5. The molecule has 0 aromatic carbocycles. The topological polar surface area (TPSA) is 63.5 Å². The van der Waals surface area contributed by atoms with Gasteiger partial charge in [0.2, 0.25) is 0 Å². The molecule has 2 N–H and O–H groups in total. The number of nitrogens with one attached hydrogen (secondary N) is 2. The van der Waals surface area contributed by atoms with E-state index in [4.69, 9.17) is 4.74 Å². The Kier molecular flexibility index (Phi) is 4.94. The number of halogens is 1. The molecule has 4 rings (SSSR count). The van der Waals surface area contributed by atoms with E-state index in [0.717, 1.165) is 31.7 Å². The molecule has 4 heterocycles. The van der Waals surface area contributed by atoms with Crippen molar-refractivity contribution in [1.29, 1.82) is 0 Å². The van der Waals surface area contributed by atoms with Gasteiger partial charge < -0.3 is 15.4 Å². The Morgan fingerprint density at radius 3 is 3.00 bits per heavy atom. The number of ether oxygens (including phenoxy) is 1. The summed E-state index contributed by atoms with van der Waals surface area (Å²) in [5.74, 6) is 1.05. The molecular formula is C20H24FN5O. The molecule has 142 valence electrons. The number of hydrogen-bond acceptors (Lipinski definition) is 5. The molecule has 0 unspecified atom stereocenters. The van der Waals surface area contributed by atoms with E-state index in [1.807, 2.05) is 36.6 Å². The van der Waals surface area contributed by atoms with Crippen molar-refractivity contribution in [2.75, 3.05) is 18.4 Å². The summed E-state index contributed by atoms with van der Waals surface area (Å²) in [5, 5.41) is 6.76. The molecule has 1 saturated heterocycles. The maximum atomic E-state index is 14.5. The molecule has 1 aliphatic rings. The van der Waals surface area contributed by atoms with Gasteiger partial charge in [0, 0.05) is 24.8 Å². The molecule has 0 radical (unpaired) electrons. The zero-order valence-corrected chi connectivity index (χ0v) is 15.6. The van der Waals surface area contributed by atoms with Crippen LogP contribution in [0.2, 0.25) is 0 Å². The van der Waals surface area contributed by atoms with Gasteiger partial charge in [0.1, 0.15) is 22.9 Å². The van der Waals surface area contributed by atoms with E-state index in [0.29, 0.717) is 23.2 Å². The molecule has 0 bridgehead atoms. The summed E-state index contributed by atoms with van der Waals surface area (Å²) >= 11 is 0. The Morgan fingerprint density at radius 2 is 2.22 bits per heavy atom. The summed E-state index contributed by atoms with van der Waals surface area (Å²) in [5.41, 5.74) is 1.59. The third-order valence-corrected chi connectivity index (χ3v) is 4.59. The zero-order chi connectivity index (χ0) is 18.8. The molecule has 0 aliphatic carbocycles. The van der Waals surface area contributed by atoms with Crippen molar-refractivity contribution in [3.05, 3.63) is 42.5 Å². The second kappa shape index (κ2) is 7.52. The average Bonchev–Trinajstić information content (AvgIpc) is 3.07. The smallest absolute Gasteiger partial charge is 0.151 e. The summed E-state index contributed by atoms with van der Waals surface area (Å²) in [6, 6.07) is 7.15. The Labute approximate surface area is 157 Å². The van der Waals surface area contributed by atoms with Crippen molar-refractivity contribution in [1.82, 2.24) is 19.7 Å². The van der Waals surface area contributed by atoms with Gasteiger partial charge in [-0.2, -0.15) is 0 Å². The van der Waals surface area contributed by atoms with Gasteiger partial charge in [-0.1, -0.05) is 0 Å². The number of hydrogen-bond donors (Lipinski definition) is 2. The number of fused-ring (bicyclic) bond motifs is 1. The van der Waals surface area contributed by atoms with Gasteiger partial charge in [0.25, 0.3) is 0 Å². The molecule has 7 heteroatoms. The lowest BCUT2D eigenvalue weighted by atomic mass is 10.1. The Morgan fingerprint density at radius 1 is 1.33 bits per heavy atom. The van der Waals surface area contributed by atoms with E-state index in [9.17, 15) is 4.39 Å². The van der Waals surface area contributed by atoms with Crippen LogP contribution in [-0.4, -0.2) is 39.6 Å². The number of aromatic nitrogens is 3. The predicted molar refractivity (Wildman–Crippen MR) is 104 cm³/mol. The van der Waals surface area contributed by atoms with Crippen LogP contribution in [0.4, 0.5) is 10.2 Å². The Bertz CT molecular complexity index is 933. The van der Waals surface area contributed by atoms with Gasteiger partial charge in [0.15, 0.2) is 5.82 Å². The van der Waals surface area contributed by atoms with E-state index in [2.05, 4.69) is 20.6 Å². The lowest BCUT2D eigenvalue weighted by Gasteiger charge is -2.24. The summed E-state index contributed by atoms with van der Waals surface area (Å²) in [7, 11) is 0. The van der Waals surface area contributed by atoms with Gasteiger partial charge in [-0.3, -0.25) is 4.40 Å². The standard InChI is InChI=1S/C20H24FN5O/c1-13(2)27-15-7-9-26-17(12-23-19(26)10-15)20-16(21)5-6-18(25-20)24-14-4-3-8-22-11-14/h5-7,9-10,12-14,22H,3-4,8,11H2,1-2H3,(H,24,25)/t14-/m1/s1. The first-order valence-electron chi connectivity index (χ1n) is 9.38. The van der Waals surface area contributed by atoms with Gasteiger partial charge in [-0.05, 0) is 51.4 Å². The molecule has 1 fully saturated rings. The summed E-state index contributed by atoms with van der Waals surface area (Å²) in [4.78, 5) is 8.92. The minimum atomic E-state index is -0.369. The van der Waals surface area contributed by atoms with E-state index >= 15 is 0 Å². The van der Waals surface area contributed by atoms with Gasteiger partial charge in [0.05, 0.1) is 18.0 Å². The number of imidazole rings is 1. The maximum Gasteiger partial charge on any atom is 0.151 e. The fourth-order valence-electron chi connectivity index (χ4n) is 3.37. The van der Waals surface area contributed by atoms with Crippen LogP contribution in [0.5, 0.6) is 5.75 Å². The second-order valence-electron chi connectivity index (χ2n) is 7.12. The summed E-state index contributed by atoms with van der Waals surface area (Å²) < 4.78 is 22.1. The number of pyridine rings is 2. The first kappa shape index (κ1) is 17.7. The SMILES string of the molecule is CC(C)Oc1ccn2c(-c3nc(N[C@@H]4CCCNC4)ccc3F)cnc2c1. The monoisotopic (exact) mass is 369 g/mol. The van der Waals surface area contributed by atoms with Crippen LogP contribution in [0.25, 0.3) is 17.0 Å². The molecule has 0 spiro atoms. The fraction of sp³-hybridized carbons (Fsp3) is 0.400. The van der Waals surface area contributed by atoms with Crippen molar-refractivity contribution in [3.8, 4) is 17.1 Å². The first-order valence-corrected chi connectivity index (χ1v) is 9.38. The van der Waals surface area contributed by atoms with Gasteiger partial charge in [-0.15, -0.1) is 0 Å². The highest BCUT2D eigenvalue weighted by atomic mass is 19.1. The van der Waals surface area contributed by atoms with E-state index < -0.39 is 0 Å². The number of piperidine rings is 1. The molecular weight excluding hydrogens is 345 g/mol. The van der Waals surface area contributed by atoms with Crippen molar-refractivity contribution in [2.24, 2.45) is 0 Å². The lowest BCUT2D eigenvalue weighted by Crippen LogP contribution is -2.38. The van der Waals surface area contributed by atoms with Crippen LogP contribution in [0.3, 0.4) is 0 Å². The quantitative estimate of drug-likeness (QED) is 0.721. The molecule has 6 nitrogen and oxygen atoms in total. The van der Waals surface area contributed by atoms with Crippen LogP contribution in [0, 0.1) is 5.82 Å². The largest absolute Gasteiger partial charge is 0.491 e. The summed E-state index contributed by atoms with van der Waals surface area (Å²) in [6.07, 6.45) is 5.76. The van der Waals surface area contributed by atoms with Crippen LogP contribution in [0.15, 0.2) is 36.7 Å². The molecule has 3 aromatic heterocycles. The van der Waals surface area contributed by atoms with Crippen molar-refractivity contribution < 1.29 is 9.13 Å². The fourth-order valence-corrected chi connectivity index (χ4v) is 3.37. The zero-order valence-electron chi connectivity index (χ0n) is 15.6. The average molecular weight is 369 g/mol. The molecule has 3 aromatic rings. The molecule has 0 amide bonds. The molecule has 1 atom stereocenters. The van der Waals surface area contributed by atoms with Crippen molar-refractivity contribution in [2.45, 2.75) is 38.8 Å². The van der Waals surface area contributed by atoms with Crippen LogP contribution in [0.1, 0.15) is 26.7 Å². The highest BCUT2D eigenvalue weighted by Crippen LogP contribution is 2.26. The maximum absolute atomic E-state index is 14.5. The minimum Gasteiger partial charge on any atom is -0.491 e. The van der Waals surface area contributed by atoms with E-state index in [-0.39, 0.29) is 17.6 Å². The minimum absolute atomic E-state index is 0.0815. The molecule has 27 heavy (non-hydrogen) atoms. The van der Waals surface area contributed by atoms with Gasteiger partial charge >= 0.3 is 0 Å². The van der Waals surface area contributed by atoms with Crippen LogP contribution in [-0.2, 0) is 0 Å².